The first-order valence-electron chi connectivity index (χ1n) is 11.7. The molecule has 0 bridgehead atoms. The highest BCUT2D eigenvalue weighted by Crippen LogP contribution is 2.36. The number of ether oxygens (including phenoxy) is 2. The van der Waals surface area contributed by atoms with Crippen molar-refractivity contribution >= 4 is 23.1 Å². The van der Waals surface area contributed by atoms with Crippen LogP contribution in [0.25, 0.3) is 0 Å². The maximum Gasteiger partial charge on any atom is 0.421 e. The van der Waals surface area contributed by atoms with Crippen molar-refractivity contribution in [3.05, 3.63) is 60.3 Å². The van der Waals surface area contributed by atoms with Crippen LogP contribution in [0.3, 0.4) is 0 Å². The molecule has 0 aliphatic rings. The van der Waals surface area contributed by atoms with Gasteiger partial charge >= 0.3 is 6.18 Å². The van der Waals surface area contributed by atoms with Crippen LogP contribution in [-0.4, -0.2) is 22.7 Å². The second-order valence-electron chi connectivity index (χ2n) is 8.33. The molecule has 35 heavy (non-hydrogen) atoms. The molecule has 9 heteroatoms. The summed E-state index contributed by atoms with van der Waals surface area (Å²) in [5, 5.41) is 5.71. The lowest BCUT2D eigenvalue weighted by molar-refractivity contribution is -0.137. The molecule has 0 spiro atoms. The van der Waals surface area contributed by atoms with Crippen molar-refractivity contribution < 1.29 is 22.6 Å². The van der Waals surface area contributed by atoms with Crippen molar-refractivity contribution in [3.63, 3.8) is 0 Å². The maximum absolute atomic E-state index is 13.6. The topological polar surface area (TPSA) is 68.3 Å². The van der Waals surface area contributed by atoms with E-state index in [1.807, 2.05) is 13.8 Å². The molecule has 188 valence electrons. The van der Waals surface area contributed by atoms with Gasteiger partial charge in [0.15, 0.2) is 0 Å². The van der Waals surface area contributed by atoms with Gasteiger partial charge in [0.2, 0.25) is 5.95 Å². The molecule has 0 amide bonds. The molecule has 2 aromatic carbocycles. The Kier molecular flexibility index (Phi) is 9.17. The number of nitrogens with one attached hydrogen (secondary N) is 2. The van der Waals surface area contributed by atoms with Gasteiger partial charge in [-0.15, -0.1) is 0 Å². The number of hydrogen-bond donors (Lipinski definition) is 2. The molecule has 0 aliphatic heterocycles. The van der Waals surface area contributed by atoms with Gasteiger partial charge in [0.1, 0.15) is 22.9 Å². The Morgan fingerprint density at radius 1 is 0.914 bits per heavy atom. The molecule has 2 N–H and O–H groups in total. The second-order valence-corrected chi connectivity index (χ2v) is 8.33. The summed E-state index contributed by atoms with van der Waals surface area (Å²) in [6.07, 6.45) is 0.458. The second kappa shape index (κ2) is 12.3. The molecule has 1 heterocycles. The molecule has 0 unspecified atom stereocenters. The van der Waals surface area contributed by atoms with Gasteiger partial charge in [-0.3, -0.25) is 0 Å². The molecule has 0 saturated carbocycles. The number of alkyl halides is 3. The quantitative estimate of drug-likeness (QED) is 0.254. The van der Waals surface area contributed by atoms with Gasteiger partial charge in [0.25, 0.3) is 0 Å². The summed E-state index contributed by atoms with van der Waals surface area (Å²) in [7, 11) is 0. The van der Waals surface area contributed by atoms with Crippen molar-refractivity contribution in [2.75, 3.05) is 17.2 Å². The fourth-order valence-electron chi connectivity index (χ4n) is 3.28. The van der Waals surface area contributed by atoms with Gasteiger partial charge in [-0.25, -0.2) is 4.98 Å². The summed E-state index contributed by atoms with van der Waals surface area (Å²) in [4.78, 5) is 7.96. The first kappa shape index (κ1) is 26.1. The Morgan fingerprint density at radius 2 is 1.69 bits per heavy atom. The highest BCUT2D eigenvalue weighted by atomic mass is 19.4. The van der Waals surface area contributed by atoms with E-state index in [0.29, 0.717) is 29.5 Å². The maximum atomic E-state index is 13.6. The van der Waals surface area contributed by atoms with E-state index < -0.39 is 11.7 Å². The standard InChI is InChI=1S/C26H31F3N4O2/c1-4-5-6-7-15-34-22-10-8-9-20(16-22)31-24-23(26(27,28)29)17-30-25(33-24)32-19-11-13-21(14-12-19)35-18(2)3/h8-14,16-18H,4-7,15H2,1-3H3,(H2,30,31,32,33). The van der Waals surface area contributed by atoms with Crippen LogP contribution in [-0.2, 0) is 6.18 Å². The van der Waals surface area contributed by atoms with Crippen LogP contribution in [0.2, 0.25) is 0 Å². The molecule has 3 aromatic rings. The molecule has 1 aromatic heterocycles. The van der Waals surface area contributed by atoms with Crippen molar-refractivity contribution in [3.8, 4) is 11.5 Å². The average Bonchev–Trinajstić information content (AvgIpc) is 2.79. The summed E-state index contributed by atoms with van der Waals surface area (Å²) in [5.74, 6) is 0.945. The minimum absolute atomic E-state index is 0.0290. The van der Waals surface area contributed by atoms with E-state index in [4.69, 9.17) is 9.47 Å². The number of rotatable bonds is 12. The molecule has 0 fully saturated rings. The number of unbranched alkanes of at least 4 members (excludes halogenated alkanes) is 3. The Hall–Kier alpha value is -3.49. The van der Waals surface area contributed by atoms with E-state index in [9.17, 15) is 13.2 Å². The van der Waals surface area contributed by atoms with Gasteiger partial charge in [0.05, 0.1) is 12.7 Å². The monoisotopic (exact) mass is 488 g/mol. The fraction of sp³-hybridized carbons (Fsp3) is 0.385. The van der Waals surface area contributed by atoms with E-state index >= 15 is 0 Å². The largest absolute Gasteiger partial charge is 0.494 e. The Morgan fingerprint density at radius 3 is 2.37 bits per heavy atom. The number of hydrogen-bond acceptors (Lipinski definition) is 6. The third-order valence-electron chi connectivity index (χ3n) is 4.94. The van der Waals surface area contributed by atoms with E-state index in [1.165, 1.54) is 0 Å². The number of nitrogens with zero attached hydrogens (tertiary/aromatic N) is 2. The lowest BCUT2D eigenvalue weighted by Gasteiger charge is -2.16. The molecule has 0 atom stereocenters. The molecule has 0 saturated heterocycles. The van der Waals surface area contributed by atoms with Gasteiger partial charge in [-0.1, -0.05) is 32.3 Å². The zero-order valence-corrected chi connectivity index (χ0v) is 20.2. The van der Waals surface area contributed by atoms with Gasteiger partial charge < -0.3 is 20.1 Å². The van der Waals surface area contributed by atoms with E-state index in [2.05, 4.69) is 27.5 Å². The molecule has 0 aliphatic carbocycles. The van der Waals surface area contributed by atoms with Crippen molar-refractivity contribution in [1.82, 2.24) is 9.97 Å². The summed E-state index contributed by atoms with van der Waals surface area (Å²) < 4.78 is 52.2. The predicted octanol–water partition coefficient (Wildman–Crippen LogP) is 7.73. The zero-order valence-electron chi connectivity index (χ0n) is 20.2. The Bertz CT molecular complexity index is 1070. The lowest BCUT2D eigenvalue weighted by Crippen LogP contribution is -2.12. The van der Waals surface area contributed by atoms with Crippen molar-refractivity contribution in [2.24, 2.45) is 0 Å². The van der Waals surface area contributed by atoms with Gasteiger partial charge in [-0.2, -0.15) is 18.2 Å². The number of halogens is 3. The fourth-order valence-corrected chi connectivity index (χ4v) is 3.28. The number of benzene rings is 2. The van der Waals surface area contributed by atoms with E-state index in [-0.39, 0.29) is 17.9 Å². The van der Waals surface area contributed by atoms with Crippen LogP contribution < -0.4 is 20.1 Å². The molecular formula is C26H31F3N4O2. The number of aromatic nitrogens is 2. The third-order valence-corrected chi connectivity index (χ3v) is 4.94. The minimum atomic E-state index is -4.62. The summed E-state index contributed by atoms with van der Waals surface area (Å²) in [6, 6.07) is 13.8. The molecular weight excluding hydrogens is 457 g/mol. The van der Waals surface area contributed by atoms with Crippen LogP contribution in [0.1, 0.15) is 52.0 Å². The molecule has 6 nitrogen and oxygen atoms in total. The minimum Gasteiger partial charge on any atom is -0.494 e. The van der Waals surface area contributed by atoms with Crippen molar-refractivity contribution in [1.29, 1.82) is 0 Å². The Labute approximate surface area is 203 Å². The highest BCUT2D eigenvalue weighted by molar-refractivity contribution is 5.64. The summed E-state index contributed by atoms with van der Waals surface area (Å²) in [6.45, 7) is 6.54. The summed E-state index contributed by atoms with van der Waals surface area (Å²) >= 11 is 0. The van der Waals surface area contributed by atoms with E-state index in [0.717, 1.165) is 31.9 Å². The average molecular weight is 489 g/mol. The van der Waals surface area contributed by atoms with Crippen LogP contribution >= 0.6 is 0 Å². The highest BCUT2D eigenvalue weighted by Gasteiger charge is 2.35. The third kappa shape index (κ3) is 8.35. The van der Waals surface area contributed by atoms with E-state index in [1.54, 1.807) is 48.5 Å². The lowest BCUT2D eigenvalue weighted by atomic mass is 10.2. The van der Waals surface area contributed by atoms with Crippen LogP contribution in [0.15, 0.2) is 54.7 Å². The SMILES string of the molecule is CCCCCCOc1cccc(Nc2nc(Nc3ccc(OC(C)C)cc3)ncc2C(F)(F)F)c1. The first-order valence-corrected chi connectivity index (χ1v) is 11.7. The predicted molar refractivity (Wildman–Crippen MR) is 132 cm³/mol. The number of anilines is 4. The Balaban J connectivity index is 1.75. The van der Waals surface area contributed by atoms with Crippen molar-refractivity contribution in [2.45, 2.75) is 58.7 Å². The van der Waals surface area contributed by atoms with Gasteiger partial charge in [-0.05, 0) is 56.7 Å². The zero-order chi connectivity index (χ0) is 25.3. The summed E-state index contributed by atoms with van der Waals surface area (Å²) in [5.41, 5.74) is 0.0845. The van der Waals surface area contributed by atoms with Crippen LogP contribution in [0.4, 0.5) is 36.3 Å². The molecule has 0 radical (unpaired) electrons. The smallest absolute Gasteiger partial charge is 0.421 e. The van der Waals surface area contributed by atoms with Crippen LogP contribution in [0.5, 0.6) is 11.5 Å². The first-order chi connectivity index (χ1) is 16.7. The van der Waals surface area contributed by atoms with Crippen LogP contribution in [0, 0.1) is 0 Å². The van der Waals surface area contributed by atoms with Gasteiger partial charge in [0, 0.05) is 23.6 Å². The normalized spacial score (nSPS) is 11.4. The molecule has 3 rings (SSSR count).